The van der Waals surface area contributed by atoms with Crippen molar-refractivity contribution in [2.75, 3.05) is 0 Å². The first kappa shape index (κ1) is 5.09. The number of rotatable bonds is 1. The first-order valence-electron chi connectivity index (χ1n) is 2.27. The summed E-state index contributed by atoms with van der Waals surface area (Å²) in [6.07, 6.45) is 1.43. The highest BCUT2D eigenvalue weighted by molar-refractivity contribution is 5.90. The van der Waals surface area contributed by atoms with Crippen LogP contribution >= 0.6 is 0 Å². The van der Waals surface area contributed by atoms with Crippen molar-refractivity contribution in [3.63, 3.8) is 0 Å². The van der Waals surface area contributed by atoms with Crippen LogP contribution in [0.1, 0.15) is 17.5 Å². The fourth-order valence-electron chi connectivity index (χ4n) is 0.430. The Morgan fingerprint density at radius 2 is 2.62 bits per heavy atom. The topological polar surface area (TPSA) is 30.2 Å². The van der Waals surface area contributed by atoms with Gasteiger partial charge in [0.25, 0.3) is 0 Å². The van der Waals surface area contributed by atoms with Crippen LogP contribution in [0.15, 0.2) is 16.7 Å². The van der Waals surface area contributed by atoms with Gasteiger partial charge in [0, 0.05) is 13.0 Å². The Morgan fingerprint density at radius 3 is 2.88 bits per heavy atom. The highest BCUT2D eigenvalue weighted by Gasteiger charge is 1.98. The van der Waals surface area contributed by atoms with Crippen molar-refractivity contribution in [1.82, 2.24) is 0 Å². The number of ketones is 1. The molecule has 2 nitrogen and oxygen atoms in total. The summed E-state index contributed by atoms with van der Waals surface area (Å²) < 4.78 is 4.69. The van der Waals surface area contributed by atoms with E-state index in [0.717, 1.165) is 0 Å². The summed E-state index contributed by atoms with van der Waals surface area (Å²) in [7, 11) is 0. The van der Waals surface area contributed by atoms with E-state index in [1.54, 1.807) is 6.07 Å². The molecule has 0 unspecified atom stereocenters. The fourth-order valence-corrected chi connectivity index (χ4v) is 0.430. The number of Topliss-reactive ketones (excluding diaryl/α,β-unsaturated/α-hetero) is 1. The lowest BCUT2D eigenvalue weighted by Gasteiger charge is -1.79. The largest absolute Gasteiger partial charge is 0.461 e. The molecule has 0 bridgehead atoms. The maximum absolute atomic E-state index is 10.4. The SMILES string of the molecule is CC(=O)c1[c]cco1. The van der Waals surface area contributed by atoms with E-state index in [1.165, 1.54) is 13.2 Å². The van der Waals surface area contributed by atoms with Gasteiger partial charge in [-0.3, -0.25) is 4.79 Å². The molecule has 1 radical (unpaired) electrons. The standard InChI is InChI=1S/C6H5O2/c1-5(7)6-3-2-4-8-6/h2,4H,1H3. The van der Waals surface area contributed by atoms with Crippen molar-refractivity contribution in [3.8, 4) is 0 Å². The van der Waals surface area contributed by atoms with Gasteiger partial charge in [-0.15, -0.1) is 0 Å². The van der Waals surface area contributed by atoms with Crippen LogP contribution in [0.3, 0.4) is 0 Å². The maximum atomic E-state index is 10.4. The molecule has 0 aliphatic heterocycles. The van der Waals surface area contributed by atoms with E-state index in [-0.39, 0.29) is 5.78 Å². The Hall–Kier alpha value is -1.05. The zero-order valence-electron chi connectivity index (χ0n) is 4.47. The number of hydrogen-bond donors (Lipinski definition) is 0. The van der Waals surface area contributed by atoms with E-state index in [0.29, 0.717) is 5.76 Å². The van der Waals surface area contributed by atoms with Crippen molar-refractivity contribution >= 4 is 5.78 Å². The van der Waals surface area contributed by atoms with E-state index in [2.05, 4.69) is 10.5 Å². The molecule has 0 spiro atoms. The van der Waals surface area contributed by atoms with Gasteiger partial charge in [-0.05, 0) is 6.07 Å². The van der Waals surface area contributed by atoms with Crippen LogP contribution < -0.4 is 0 Å². The predicted molar refractivity (Wildman–Crippen MR) is 27.5 cm³/mol. The monoisotopic (exact) mass is 109 g/mol. The zero-order chi connectivity index (χ0) is 5.98. The van der Waals surface area contributed by atoms with Crippen molar-refractivity contribution < 1.29 is 9.21 Å². The molecule has 1 heterocycles. The molecule has 2 heteroatoms. The molecule has 1 aromatic heterocycles. The van der Waals surface area contributed by atoms with E-state index in [4.69, 9.17) is 0 Å². The average Bonchev–Trinajstić information content (AvgIpc) is 2.12. The Balaban J connectivity index is 2.93. The van der Waals surface area contributed by atoms with Gasteiger partial charge < -0.3 is 4.42 Å². The summed E-state index contributed by atoms with van der Waals surface area (Å²) >= 11 is 0. The van der Waals surface area contributed by atoms with Crippen molar-refractivity contribution in [2.45, 2.75) is 6.92 Å². The summed E-state index contributed by atoms with van der Waals surface area (Å²) in [5.41, 5.74) is 0. The molecule has 41 valence electrons. The maximum Gasteiger partial charge on any atom is 0.195 e. The van der Waals surface area contributed by atoms with Gasteiger partial charge in [0.1, 0.15) is 0 Å². The first-order chi connectivity index (χ1) is 3.80. The lowest BCUT2D eigenvalue weighted by molar-refractivity contribution is 0.0987. The van der Waals surface area contributed by atoms with Crippen molar-refractivity contribution in [2.24, 2.45) is 0 Å². The summed E-state index contributed by atoms with van der Waals surface area (Å²) in [6, 6.07) is 4.19. The third-order valence-corrected chi connectivity index (χ3v) is 0.788. The van der Waals surface area contributed by atoms with Crippen LogP contribution in [-0.2, 0) is 0 Å². The molecular formula is C6H5O2. The molecule has 0 aromatic carbocycles. The van der Waals surface area contributed by atoms with Crippen LogP contribution in [0, 0.1) is 6.07 Å². The molecule has 0 N–H and O–H groups in total. The number of hydrogen-bond acceptors (Lipinski definition) is 2. The van der Waals surface area contributed by atoms with Gasteiger partial charge in [0.05, 0.1) is 6.26 Å². The smallest absolute Gasteiger partial charge is 0.195 e. The molecule has 0 aliphatic rings. The van der Waals surface area contributed by atoms with Gasteiger partial charge in [-0.25, -0.2) is 0 Å². The lowest BCUT2D eigenvalue weighted by Crippen LogP contribution is -1.85. The van der Waals surface area contributed by atoms with Crippen LogP contribution in [-0.4, -0.2) is 5.78 Å². The fraction of sp³-hybridized carbons (Fsp3) is 0.167. The van der Waals surface area contributed by atoms with Crippen LogP contribution in [0.2, 0.25) is 0 Å². The van der Waals surface area contributed by atoms with Crippen LogP contribution in [0.5, 0.6) is 0 Å². The molecule has 0 saturated carbocycles. The molecule has 1 aromatic rings. The average molecular weight is 109 g/mol. The molecule has 0 fully saturated rings. The van der Waals surface area contributed by atoms with Crippen LogP contribution in [0.25, 0.3) is 0 Å². The van der Waals surface area contributed by atoms with Gasteiger partial charge in [0.2, 0.25) is 0 Å². The predicted octanol–water partition coefficient (Wildman–Crippen LogP) is 1.28. The van der Waals surface area contributed by atoms with Crippen molar-refractivity contribution in [1.29, 1.82) is 0 Å². The van der Waals surface area contributed by atoms with E-state index >= 15 is 0 Å². The van der Waals surface area contributed by atoms with Crippen molar-refractivity contribution in [3.05, 3.63) is 24.2 Å². The van der Waals surface area contributed by atoms with E-state index in [9.17, 15) is 4.79 Å². The summed E-state index contributed by atoms with van der Waals surface area (Å²) in [4.78, 5) is 10.4. The molecular weight excluding hydrogens is 104 g/mol. The van der Waals surface area contributed by atoms with Gasteiger partial charge in [-0.1, -0.05) is 0 Å². The van der Waals surface area contributed by atoms with Gasteiger partial charge in [0.15, 0.2) is 11.5 Å². The Bertz CT molecular complexity index is 174. The Kier molecular flexibility index (Phi) is 1.16. The quantitative estimate of drug-likeness (QED) is 0.508. The summed E-state index contributed by atoms with van der Waals surface area (Å²) in [5.74, 6) is 0.208. The number of furan rings is 1. The van der Waals surface area contributed by atoms with Gasteiger partial charge in [-0.2, -0.15) is 0 Å². The normalized spacial score (nSPS) is 9.12. The molecule has 8 heavy (non-hydrogen) atoms. The minimum atomic E-state index is -0.0880. The number of carbonyl (C=O) groups is 1. The third-order valence-electron chi connectivity index (χ3n) is 0.788. The highest BCUT2D eigenvalue weighted by Crippen LogP contribution is 1.97. The second kappa shape index (κ2) is 1.82. The Labute approximate surface area is 47.1 Å². The minimum absolute atomic E-state index is 0.0880. The molecule has 0 aliphatic carbocycles. The second-order valence-corrected chi connectivity index (χ2v) is 1.45. The number of carbonyl (C=O) groups excluding carboxylic acids is 1. The molecule has 0 saturated heterocycles. The first-order valence-corrected chi connectivity index (χ1v) is 2.27. The lowest BCUT2D eigenvalue weighted by atomic mass is 10.3. The summed E-state index contributed by atoms with van der Waals surface area (Å²) in [6.45, 7) is 1.44. The zero-order valence-corrected chi connectivity index (χ0v) is 4.47. The van der Waals surface area contributed by atoms with Crippen LogP contribution in [0.4, 0.5) is 0 Å². The third kappa shape index (κ3) is 0.780. The Morgan fingerprint density at radius 1 is 1.88 bits per heavy atom. The molecule has 0 atom stereocenters. The molecule has 1 rings (SSSR count). The second-order valence-electron chi connectivity index (χ2n) is 1.45. The highest BCUT2D eigenvalue weighted by atomic mass is 16.3. The molecule has 0 amide bonds. The van der Waals surface area contributed by atoms with E-state index < -0.39 is 0 Å². The summed E-state index contributed by atoms with van der Waals surface area (Å²) in [5, 5.41) is 0. The minimum Gasteiger partial charge on any atom is -0.461 e. The van der Waals surface area contributed by atoms with Gasteiger partial charge >= 0.3 is 0 Å². The van der Waals surface area contributed by atoms with E-state index in [1.807, 2.05) is 0 Å².